The highest BCUT2D eigenvalue weighted by Crippen LogP contribution is 2.37. The van der Waals surface area contributed by atoms with E-state index in [1.165, 1.54) is 23.5 Å². The van der Waals surface area contributed by atoms with Crippen LogP contribution in [-0.2, 0) is 20.9 Å². The highest BCUT2D eigenvalue weighted by atomic mass is 35.5. The Morgan fingerprint density at radius 1 is 0.981 bits per heavy atom. The Bertz CT molecular complexity index is 2180. The van der Waals surface area contributed by atoms with Crippen molar-refractivity contribution >= 4 is 64.6 Å². The van der Waals surface area contributed by atoms with Crippen LogP contribution in [0.15, 0.2) is 47.5 Å². The van der Waals surface area contributed by atoms with E-state index in [1.54, 1.807) is 25.1 Å². The third kappa shape index (κ3) is 7.79. The minimum absolute atomic E-state index is 0.0496. The van der Waals surface area contributed by atoms with Crippen LogP contribution in [0.3, 0.4) is 0 Å². The maximum Gasteiger partial charge on any atom is 0.265 e. The predicted molar refractivity (Wildman–Crippen MR) is 199 cm³/mol. The van der Waals surface area contributed by atoms with Crippen molar-refractivity contribution in [3.05, 3.63) is 91.8 Å². The number of halogens is 1. The molecular formula is C37H37ClN8O7S. The first-order valence-electron chi connectivity index (χ1n) is 17.3. The third-order valence-electron chi connectivity index (χ3n) is 9.05. The van der Waals surface area contributed by atoms with E-state index in [-0.39, 0.29) is 48.6 Å². The molecule has 4 aromatic rings. The van der Waals surface area contributed by atoms with Gasteiger partial charge in [-0.25, -0.2) is 0 Å². The number of ether oxygens (including phenoxy) is 1. The van der Waals surface area contributed by atoms with Crippen LogP contribution >= 0.6 is 22.9 Å². The smallest absolute Gasteiger partial charge is 0.265 e. The summed E-state index contributed by atoms with van der Waals surface area (Å²) in [4.78, 5) is 81.6. The molecule has 17 heteroatoms. The first-order valence-corrected chi connectivity index (χ1v) is 18.5. The quantitative estimate of drug-likeness (QED) is 0.0918. The van der Waals surface area contributed by atoms with Crippen LogP contribution in [0.2, 0.25) is 5.02 Å². The van der Waals surface area contributed by atoms with E-state index >= 15 is 0 Å². The maximum absolute atomic E-state index is 13.7. The minimum Gasteiger partial charge on any atom is -0.483 e. The second-order valence-corrected chi connectivity index (χ2v) is 14.4. The number of imide groups is 2. The van der Waals surface area contributed by atoms with Crippen LogP contribution in [0.5, 0.6) is 5.75 Å². The molecule has 2 aromatic carbocycles. The van der Waals surface area contributed by atoms with Gasteiger partial charge >= 0.3 is 0 Å². The van der Waals surface area contributed by atoms with Crippen LogP contribution in [0.1, 0.15) is 91.3 Å². The number of hydrogen-bond donors (Lipinski definition) is 3. The molecule has 0 fully saturated rings. The van der Waals surface area contributed by atoms with Gasteiger partial charge in [-0.05, 0) is 64.3 Å². The molecule has 2 aliphatic rings. The number of thiophene rings is 1. The summed E-state index contributed by atoms with van der Waals surface area (Å²) in [7, 11) is 0. The molecule has 6 amide bonds. The molecule has 0 aliphatic carbocycles. The molecule has 54 heavy (non-hydrogen) atoms. The number of unbranched alkanes of at least 4 members (excludes halogenated alkanes) is 1. The van der Waals surface area contributed by atoms with Crippen LogP contribution < -0.4 is 20.7 Å². The molecule has 0 spiro atoms. The Labute approximate surface area is 319 Å². The van der Waals surface area contributed by atoms with Crippen molar-refractivity contribution in [2.45, 2.75) is 59.0 Å². The maximum atomic E-state index is 13.7. The van der Waals surface area contributed by atoms with Crippen molar-refractivity contribution in [3.8, 4) is 10.8 Å². The highest BCUT2D eigenvalue weighted by molar-refractivity contribution is 7.15. The zero-order valence-corrected chi connectivity index (χ0v) is 31.3. The number of carbonyl (C=O) groups excluding carboxylic acids is 6. The lowest BCUT2D eigenvalue weighted by molar-refractivity contribution is -0.125. The molecular weight excluding hydrogens is 736 g/mol. The van der Waals surface area contributed by atoms with Gasteiger partial charge in [0.25, 0.3) is 23.6 Å². The van der Waals surface area contributed by atoms with Crippen molar-refractivity contribution in [1.82, 2.24) is 35.6 Å². The lowest BCUT2D eigenvalue weighted by atomic mass is 9.98. The molecule has 2 aliphatic heterocycles. The highest BCUT2D eigenvalue weighted by Gasteiger charge is 2.41. The topological polar surface area (TPSA) is 194 Å². The largest absolute Gasteiger partial charge is 0.483 e. The fourth-order valence-corrected chi connectivity index (χ4v) is 7.73. The fourth-order valence-electron chi connectivity index (χ4n) is 6.39. The summed E-state index contributed by atoms with van der Waals surface area (Å²) >= 11 is 7.65. The van der Waals surface area contributed by atoms with E-state index in [0.29, 0.717) is 66.0 Å². The third-order valence-corrected chi connectivity index (χ3v) is 10.4. The fraction of sp³-hybridized carbons (Fsp3) is 0.324. The molecule has 0 saturated heterocycles. The number of rotatable bonds is 15. The molecule has 2 aromatic heterocycles. The van der Waals surface area contributed by atoms with Gasteiger partial charge in [-0.2, -0.15) is 0 Å². The van der Waals surface area contributed by atoms with E-state index < -0.39 is 29.7 Å². The summed E-state index contributed by atoms with van der Waals surface area (Å²) in [5.74, 6) is -0.812. The Morgan fingerprint density at radius 2 is 1.72 bits per heavy atom. The molecule has 0 bridgehead atoms. The number of aromatic nitrogens is 3. The molecule has 1 unspecified atom stereocenters. The molecule has 0 saturated carbocycles. The summed E-state index contributed by atoms with van der Waals surface area (Å²) in [5.41, 5.74) is 2.94. The lowest BCUT2D eigenvalue weighted by Gasteiger charge is -2.22. The van der Waals surface area contributed by atoms with Crippen molar-refractivity contribution in [2.24, 2.45) is 4.99 Å². The summed E-state index contributed by atoms with van der Waals surface area (Å²) in [5, 5.41) is 17.8. The number of fused-ring (bicyclic) bond motifs is 4. The van der Waals surface area contributed by atoms with Gasteiger partial charge in [-0.1, -0.05) is 29.8 Å². The number of aryl methyl sites for hydroxylation is 2. The van der Waals surface area contributed by atoms with E-state index in [1.807, 2.05) is 35.9 Å². The Balaban J connectivity index is 1.01. The first kappa shape index (κ1) is 38.0. The number of nitrogens with one attached hydrogen (secondary N) is 3. The van der Waals surface area contributed by atoms with Crippen molar-refractivity contribution in [1.29, 1.82) is 0 Å². The second-order valence-electron chi connectivity index (χ2n) is 12.7. The minimum atomic E-state index is -0.618. The Morgan fingerprint density at radius 3 is 2.46 bits per heavy atom. The number of amides is 6. The predicted octanol–water partition coefficient (Wildman–Crippen LogP) is 3.69. The van der Waals surface area contributed by atoms with Crippen molar-refractivity contribution in [2.75, 3.05) is 19.7 Å². The molecule has 4 heterocycles. The lowest BCUT2D eigenvalue weighted by Crippen LogP contribution is -2.38. The summed E-state index contributed by atoms with van der Waals surface area (Å²) < 4.78 is 7.63. The normalized spacial score (nSPS) is 13.6. The zero-order chi connectivity index (χ0) is 38.5. The zero-order valence-electron chi connectivity index (χ0n) is 29.7. The van der Waals surface area contributed by atoms with Crippen LogP contribution in [0.4, 0.5) is 0 Å². The van der Waals surface area contributed by atoms with Gasteiger partial charge in [0.1, 0.15) is 23.1 Å². The van der Waals surface area contributed by atoms with Crippen LogP contribution in [0, 0.1) is 13.8 Å². The second kappa shape index (κ2) is 16.5. The van der Waals surface area contributed by atoms with Crippen molar-refractivity contribution in [3.63, 3.8) is 0 Å². The standard InChI is InChI=1S/C37H37ClN8O7S/c1-20(9-14-28(48)42-19-47)45-35(51)25-7-6-8-26(31(25)36(45)52)53-18-29(49)39-15-4-5-16-40-34(50)30-21(2)54-37-32(30)33(23-10-12-24(38)13-11-23)41-17-27-44-43-22(3)46(27)37/h6-8,10-13,19-20H,4-5,9,14-18H2,1-3H3,(H,39,49)(H,40,50)(H,42,47,48). The number of benzene rings is 2. The molecule has 6 rings (SSSR count). The SMILES string of the molecule is Cc1sc2c(c1C(=O)NCCCCNC(=O)COc1cccc3c1C(=O)N(C(C)CCC(=O)NC=O)C3=O)C(c1ccc(Cl)cc1)=NCc1nnc(C)n1-2. The number of aliphatic imine (C=N–C) groups is 1. The van der Waals surface area contributed by atoms with Crippen LogP contribution in [-0.4, -0.2) is 87.1 Å². The molecule has 15 nitrogen and oxygen atoms in total. The van der Waals surface area contributed by atoms with Gasteiger partial charge in [-0.3, -0.25) is 48.5 Å². The first-order chi connectivity index (χ1) is 26.0. The molecule has 3 N–H and O–H groups in total. The van der Waals surface area contributed by atoms with Gasteiger partial charge in [0.05, 0.1) is 22.4 Å². The van der Waals surface area contributed by atoms with E-state index in [4.69, 9.17) is 21.3 Å². The number of nitrogens with zero attached hydrogens (tertiary/aromatic N) is 5. The summed E-state index contributed by atoms with van der Waals surface area (Å²) in [6.07, 6.45) is 1.54. The average Bonchev–Trinajstić information content (AvgIpc) is 3.74. The summed E-state index contributed by atoms with van der Waals surface area (Å²) in [6.45, 7) is 6.00. The van der Waals surface area contributed by atoms with E-state index in [9.17, 15) is 28.8 Å². The van der Waals surface area contributed by atoms with Gasteiger partial charge in [0, 0.05) is 46.6 Å². The van der Waals surface area contributed by atoms with Crippen LogP contribution in [0.25, 0.3) is 5.00 Å². The molecule has 0 radical (unpaired) electrons. The van der Waals surface area contributed by atoms with Gasteiger partial charge in [-0.15, -0.1) is 21.5 Å². The average molecular weight is 773 g/mol. The number of hydrogen-bond acceptors (Lipinski definition) is 11. The van der Waals surface area contributed by atoms with Gasteiger partial charge < -0.3 is 15.4 Å². The van der Waals surface area contributed by atoms with Crippen molar-refractivity contribution < 1.29 is 33.5 Å². The summed E-state index contributed by atoms with van der Waals surface area (Å²) in [6, 6.07) is 11.3. The van der Waals surface area contributed by atoms with Gasteiger partial charge in [0.15, 0.2) is 12.4 Å². The van der Waals surface area contributed by atoms with Gasteiger partial charge in [0.2, 0.25) is 12.3 Å². The van der Waals surface area contributed by atoms with E-state index in [2.05, 4.69) is 20.8 Å². The number of carbonyl (C=O) groups is 6. The Kier molecular flexibility index (Phi) is 11.6. The van der Waals surface area contributed by atoms with E-state index in [0.717, 1.165) is 20.3 Å². The monoisotopic (exact) mass is 772 g/mol. The molecule has 1 atom stereocenters. The molecule has 280 valence electrons. The Hall–Kier alpha value is -5.74.